The summed E-state index contributed by atoms with van der Waals surface area (Å²) in [6, 6.07) is 0.0269. The van der Waals surface area contributed by atoms with E-state index in [4.69, 9.17) is 0 Å². The molecule has 142 valence electrons. The zero-order valence-electron chi connectivity index (χ0n) is 15.1. The molecule has 0 radical (unpaired) electrons. The molecular formula is C17H33ClN2O3S. The fraction of sp³-hybridized carbons (Fsp3) is 0.941. The molecule has 0 bridgehead atoms. The van der Waals surface area contributed by atoms with Crippen LogP contribution >= 0.6 is 12.4 Å². The van der Waals surface area contributed by atoms with Crippen LogP contribution in [0, 0.1) is 11.8 Å². The lowest BCUT2D eigenvalue weighted by molar-refractivity contribution is -0.122. The van der Waals surface area contributed by atoms with Gasteiger partial charge in [-0.25, -0.2) is 8.42 Å². The molecule has 1 heterocycles. The molecule has 0 aromatic heterocycles. The van der Waals surface area contributed by atoms with E-state index >= 15 is 0 Å². The second-order valence-corrected chi connectivity index (χ2v) is 9.95. The van der Waals surface area contributed by atoms with E-state index in [9.17, 15) is 13.2 Å². The van der Waals surface area contributed by atoms with E-state index in [1.165, 1.54) is 0 Å². The quantitative estimate of drug-likeness (QED) is 0.767. The first-order chi connectivity index (χ1) is 10.8. The maximum atomic E-state index is 13.0. The first kappa shape index (κ1) is 21.7. The second kappa shape index (κ2) is 9.39. The van der Waals surface area contributed by atoms with Crippen LogP contribution in [0.2, 0.25) is 0 Å². The molecule has 2 fully saturated rings. The number of carbonyl (C=O) groups excluding carboxylic acids is 1. The molecule has 1 aliphatic heterocycles. The van der Waals surface area contributed by atoms with Crippen LogP contribution in [0.5, 0.6) is 0 Å². The van der Waals surface area contributed by atoms with Crippen LogP contribution in [0.4, 0.5) is 0 Å². The van der Waals surface area contributed by atoms with Gasteiger partial charge >= 0.3 is 0 Å². The summed E-state index contributed by atoms with van der Waals surface area (Å²) in [6.45, 7) is 7.48. The summed E-state index contributed by atoms with van der Waals surface area (Å²) in [7, 11) is -3.42. The fourth-order valence-electron chi connectivity index (χ4n) is 3.88. The number of nitrogens with one attached hydrogen (secondary N) is 2. The lowest BCUT2D eigenvalue weighted by Crippen LogP contribution is -2.55. The average Bonchev–Trinajstić information content (AvgIpc) is 2.50. The maximum Gasteiger partial charge on any atom is 0.238 e. The van der Waals surface area contributed by atoms with E-state index in [0.29, 0.717) is 18.8 Å². The minimum atomic E-state index is -3.42. The highest BCUT2D eigenvalue weighted by atomic mass is 35.5. The van der Waals surface area contributed by atoms with Crippen LogP contribution in [-0.4, -0.2) is 44.0 Å². The molecule has 7 heteroatoms. The summed E-state index contributed by atoms with van der Waals surface area (Å²) < 4.78 is 26.0. The highest BCUT2D eigenvalue weighted by Gasteiger charge is 2.42. The standard InChI is InChI=1S/C17H32N2O3S.ClH/c1-12(2)16(23(21,22)14-7-5-4-6-8-14)17(20)19-15-11-18-10-9-13(15)3;/h12-16,18H,4-11H2,1-3H3,(H,19,20);1H. The molecule has 3 unspecified atom stereocenters. The summed E-state index contributed by atoms with van der Waals surface area (Å²) in [6.07, 6.45) is 5.45. The monoisotopic (exact) mass is 380 g/mol. The van der Waals surface area contributed by atoms with Crippen molar-refractivity contribution in [3.63, 3.8) is 0 Å². The van der Waals surface area contributed by atoms with E-state index in [1.807, 2.05) is 13.8 Å². The van der Waals surface area contributed by atoms with Gasteiger partial charge in [0.25, 0.3) is 0 Å². The molecule has 0 aromatic rings. The predicted molar refractivity (Wildman–Crippen MR) is 100 cm³/mol. The zero-order valence-corrected chi connectivity index (χ0v) is 16.7. The largest absolute Gasteiger partial charge is 0.351 e. The van der Waals surface area contributed by atoms with Crippen molar-refractivity contribution in [2.45, 2.75) is 75.8 Å². The molecule has 2 aliphatic rings. The first-order valence-electron chi connectivity index (χ1n) is 9.08. The molecule has 1 saturated heterocycles. The van der Waals surface area contributed by atoms with E-state index in [0.717, 1.165) is 38.8 Å². The van der Waals surface area contributed by atoms with Crippen molar-refractivity contribution in [1.82, 2.24) is 10.6 Å². The zero-order chi connectivity index (χ0) is 17.0. The van der Waals surface area contributed by atoms with Gasteiger partial charge in [0.15, 0.2) is 9.84 Å². The molecule has 0 aromatic carbocycles. The Morgan fingerprint density at radius 2 is 1.75 bits per heavy atom. The minimum Gasteiger partial charge on any atom is -0.351 e. The Bertz CT molecular complexity index is 504. The number of hydrogen-bond acceptors (Lipinski definition) is 4. The summed E-state index contributed by atoms with van der Waals surface area (Å²) in [4.78, 5) is 12.8. The topological polar surface area (TPSA) is 75.3 Å². The highest BCUT2D eigenvalue weighted by molar-refractivity contribution is 7.93. The highest BCUT2D eigenvalue weighted by Crippen LogP contribution is 2.29. The van der Waals surface area contributed by atoms with Crippen molar-refractivity contribution in [3.05, 3.63) is 0 Å². The lowest BCUT2D eigenvalue weighted by atomic mass is 9.94. The van der Waals surface area contributed by atoms with Gasteiger partial charge in [0.1, 0.15) is 5.25 Å². The Labute approximate surface area is 153 Å². The second-order valence-electron chi connectivity index (χ2n) is 7.60. The lowest BCUT2D eigenvalue weighted by Gasteiger charge is -2.33. The van der Waals surface area contributed by atoms with Crippen molar-refractivity contribution >= 4 is 28.2 Å². The third-order valence-corrected chi connectivity index (χ3v) is 8.26. The SMILES string of the molecule is CC(C)C(C(=O)NC1CNCCC1C)S(=O)(=O)C1CCCCC1.Cl. The van der Waals surface area contributed by atoms with Gasteiger partial charge in [-0.1, -0.05) is 40.0 Å². The van der Waals surface area contributed by atoms with Gasteiger partial charge in [-0.2, -0.15) is 0 Å². The first-order valence-corrected chi connectivity index (χ1v) is 10.7. The van der Waals surface area contributed by atoms with Crippen molar-refractivity contribution in [2.75, 3.05) is 13.1 Å². The van der Waals surface area contributed by atoms with E-state index in [1.54, 1.807) is 0 Å². The number of carbonyl (C=O) groups is 1. The normalized spacial score (nSPS) is 27.3. The van der Waals surface area contributed by atoms with Crippen molar-refractivity contribution in [3.8, 4) is 0 Å². The van der Waals surface area contributed by atoms with Gasteiger partial charge in [-0.3, -0.25) is 4.79 Å². The Balaban J connectivity index is 0.00000288. The van der Waals surface area contributed by atoms with Gasteiger partial charge in [-0.05, 0) is 37.6 Å². The van der Waals surface area contributed by atoms with E-state index in [-0.39, 0.29) is 35.5 Å². The smallest absolute Gasteiger partial charge is 0.238 e. The molecule has 2 rings (SSSR count). The number of rotatable bonds is 5. The molecule has 2 N–H and O–H groups in total. The van der Waals surface area contributed by atoms with Crippen LogP contribution in [-0.2, 0) is 14.6 Å². The predicted octanol–water partition coefficient (Wildman–Crippen LogP) is 2.29. The number of amides is 1. The van der Waals surface area contributed by atoms with Gasteiger partial charge in [0.05, 0.1) is 5.25 Å². The fourth-order valence-corrected chi connectivity index (χ4v) is 6.41. The van der Waals surface area contributed by atoms with Crippen molar-refractivity contribution in [2.24, 2.45) is 11.8 Å². The molecule has 3 atom stereocenters. The van der Waals surface area contributed by atoms with Gasteiger partial charge in [0, 0.05) is 12.6 Å². The van der Waals surface area contributed by atoms with Crippen LogP contribution in [0.3, 0.4) is 0 Å². The molecule has 1 amide bonds. The van der Waals surface area contributed by atoms with Gasteiger partial charge in [-0.15, -0.1) is 12.4 Å². The molecule has 5 nitrogen and oxygen atoms in total. The molecule has 1 aliphatic carbocycles. The third kappa shape index (κ3) is 5.09. The molecular weight excluding hydrogens is 348 g/mol. The summed E-state index contributed by atoms with van der Waals surface area (Å²) >= 11 is 0. The Kier molecular flexibility index (Phi) is 8.50. The molecule has 24 heavy (non-hydrogen) atoms. The average molecular weight is 381 g/mol. The number of piperidine rings is 1. The van der Waals surface area contributed by atoms with Crippen molar-refractivity contribution < 1.29 is 13.2 Å². The molecule has 1 saturated carbocycles. The van der Waals surface area contributed by atoms with Gasteiger partial charge in [0.2, 0.25) is 5.91 Å². The minimum absolute atomic E-state index is 0. The summed E-state index contributed by atoms with van der Waals surface area (Å²) in [5, 5.41) is 5.04. The van der Waals surface area contributed by atoms with Crippen LogP contribution < -0.4 is 10.6 Å². The van der Waals surface area contributed by atoms with Crippen molar-refractivity contribution in [1.29, 1.82) is 0 Å². The number of sulfone groups is 1. The van der Waals surface area contributed by atoms with Crippen LogP contribution in [0.1, 0.15) is 59.3 Å². The summed E-state index contributed by atoms with van der Waals surface area (Å²) in [5.41, 5.74) is 0. The van der Waals surface area contributed by atoms with Crippen LogP contribution in [0.15, 0.2) is 0 Å². The third-order valence-electron chi connectivity index (χ3n) is 5.39. The summed E-state index contributed by atoms with van der Waals surface area (Å²) in [5.74, 6) is -0.120. The van der Waals surface area contributed by atoms with E-state index in [2.05, 4.69) is 17.6 Å². The number of hydrogen-bond donors (Lipinski definition) is 2. The maximum absolute atomic E-state index is 13.0. The van der Waals surface area contributed by atoms with Crippen LogP contribution in [0.25, 0.3) is 0 Å². The van der Waals surface area contributed by atoms with E-state index < -0.39 is 15.1 Å². The Hall–Kier alpha value is -0.330. The Morgan fingerprint density at radius 3 is 2.29 bits per heavy atom. The number of halogens is 1. The molecule has 0 spiro atoms. The Morgan fingerprint density at radius 1 is 1.12 bits per heavy atom. The van der Waals surface area contributed by atoms with Gasteiger partial charge < -0.3 is 10.6 Å².